The number of aliphatic carboxylic acids is 1. The third-order valence-electron chi connectivity index (χ3n) is 0.486. The van der Waals surface area contributed by atoms with Crippen LogP contribution in [0, 0.1) is 6.42 Å². The molecule has 0 fully saturated rings. The van der Waals surface area contributed by atoms with Gasteiger partial charge in [0.2, 0.25) is 0 Å². The zero-order chi connectivity index (χ0) is 5.70. The average Bonchev–Trinajstić information content (AvgIpc) is 1.61. The van der Waals surface area contributed by atoms with Gasteiger partial charge in [0.15, 0.2) is 5.97 Å². The second kappa shape index (κ2) is 7.30. The fraction of sp³-hybridized carbons (Fsp3) is 0.500. The SMILES string of the molecule is NCC[CH-]C(=O)O.[Na+]. The Bertz CT molecular complexity index is 67.1. The summed E-state index contributed by atoms with van der Waals surface area (Å²) in [4.78, 5) is 9.65. The van der Waals surface area contributed by atoms with Gasteiger partial charge in [0, 0.05) is 0 Å². The van der Waals surface area contributed by atoms with Crippen LogP contribution in [0.15, 0.2) is 0 Å². The van der Waals surface area contributed by atoms with E-state index in [1.807, 2.05) is 0 Å². The van der Waals surface area contributed by atoms with Gasteiger partial charge in [-0.25, -0.2) is 0 Å². The number of nitrogens with two attached hydrogens (primary N) is 1. The summed E-state index contributed by atoms with van der Waals surface area (Å²) in [5, 5.41) is 7.93. The molecular weight excluding hydrogens is 117 g/mol. The maximum Gasteiger partial charge on any atom is 1.00 e. The Labute approximate surface area is 70.5 Å². The summed E-state index contributed by atoms with van der Waals surface area (Å²) in [6.07, 6.45) is 1.59. The first-order chi connectivity index (χ1) is 3.27. The van der Waals surface area contributed by atoms with E-state index in [9.17, 15) is 4.79 Å². The van der Waals surface area contributed by atoms with Gasteiger partial charge in [-0.15, -0.1) is 6.42 Å². The van der Waals surface area contributed by atoms with Crippen molar-refractivity contribution in [3.8, 4) is 0 Å². The Morgan fingerprint density at radius 1 is 1.75 bits per heavy atom. The van der Waals surface area contributed by atoms with Gasteiger partial charge in [-0.1, -0.05) is 0 Å². The molecule has 4 heteroatoms. The summed E-state index contributed by atoms with van der Waals surface area (Å²) in [6, 6.07) is 0. The van der Waals surface area contributed by atoms with Gasteiger partial charge in [-0.3, -0.25) is 11.2 Å². The molecule has 0 aliphatic heterocycles. The van der Waals surface area contributed by atoms with Crippen LogP contribution in [0.25, 0.3) is 0 Å². The van der Waals surface area contributed by atoms with E-state index in [1.54, 1.807) is 0 Å². The number of hydrogen-bond acceptors (Lipinski definition) is 2. The van der Waals surface area contributed by atoms with Gasteiger partial charge in [-0.05, 0) is 6.54 Å². The molecule has 0 aliphatic rings. The second-order valence-electron chi connectivity index (χ2n) is 1.12. The number of hydrogen-bond donors (Lipinski definition) is 2. The smallest absolute Gasteiger partial charge is 0.503 e. The van der Waals surface area contributed by atoms with Crippen LogP contribution in [0.3, 0.4) is 0 Å². The minimum absolute atomic E-state index is 0. The number of carboxylic acids is 1. The maximum atomic E-state index is 9.65. The van der Waals surface area contributed by atoms with Crippen molar-refractivity contribution < 1.29 is 39.5 Å². The van der Waals surface area contributed by atoms with Crippen molar-refractivity contribution in [1.29, 1.82) is 0 Å². The molecule has 42 valence electrons. The van der Waals surface area contributed by atoms with E-state index in [2.05, 4.69) is 0 Å². The van der Waals surface area contributed by atoms with Crippen molar-refractivity contribution in [1.82, 2.24) is 0 Å². The fourth-order valence-electron chi connectivity index (χ4n) is 0.207. The zero-order valence-electron chi connectivity index (χ0n) is 4.92. The van der Waals surface area contributed by atoms with Crippen molar-refractivity contribution in [2.75, 3.05) is 6.54 Å². The van der Waals surface area contributed by atoms with Crippen LogP contribution >= 0.6 is 0 Å². The van der Waals surface area contributed by atoms with Crippen molar-refractivity contribution in [3.05, 3.63) is 6.42 Å². The van der Waals surface area contributed by atoms with Crippen molar-refractivity contribution in [3.63, 3.8) is 0 Å². The summed E-state index contributed by atoms with van der Waals surface area (Å²) in [5.74, 6) is -0.898. The Morgan fingerprint density at radius 3 is 2.38 bits per heavy atom. The van der Waals surface area contributed by atoms with E-state index in [0.29, 0.717) is 13.0 Å². The Hall–Kier alpha value is 0.300. The molecule has 0 bridgehead atoms. The molecule has 0 aromatic rings. The van der Waals surface area contributed by atoms with E-state index >= 15 is 0 Å². The third-order valence-corrected chi connectivity index (χ3v) is 0.486. The monoisotopic (exact) mass is 125 g/mol. The largest absolute Gasteiger partial charge is 1.00 e. The van der Waals surface area contributed by atoms with Gasteiger partial charge in [0.05, 0.1) is 0 Å². The molecule has 0 spiro atoms. The predicted molar refractivity (Wildman–Crippen MR) is 25.6 cm³/mol. The molecule has 0 unspecified atom stereocenters. The molecule has 3 N–H and O–H groups in total. The van der Waals surface area contributed by atoms with Gasteiger partial charge in [0.1, 0.15) is 0 Å². The second-order valence-corrected chi connectivity index (χ2v) is 1.12. The molecule has 0 aliphatic carbocycles. The van der Waals surface area contributed by atoms with Crippen LogP contribution in [0.2, 0.25) is 0 Å². The first-order valence-corrected chi connectivity index (χ1v) is 2.03. The Morgan fingerprint density at radius 2 is 2.25 bits per heavy atom. The van der Waals surface area contributed by atoms with Gasteiger partial charge in [-0.2, -0.15) is 0 Å². The minimum Gasteiger partial charge on any atom is -0.503 e. The van der Waals surface area contributed by atoms with Gasteiger partial charge in [0.25, 0.3) is 0 Å². The third kappa shape index (κ3) is 9.57. The van der Waals surface area contributed by atoms with E-state index in [-0.39, 0.29) is 29.6 Å². The first kappa shape index (κ1) is 11.1. The Balaban J connectivity index is 0. The van der Waals surface area contributed by atoms with Gasteiger partial charge >= 0.3 is 29.6 Å². The van der Waals surface area contributed by atoms with E-state index in [4.69, 9.17) is 10.8 Å². The molecule has 0 radical (unpaired) electrons. The summed E-state index contributed by atoms with van der Waals surface area (Å²) in [6.45, 7) is 0.409. The summed E-state index contributed by atoms with van der Waals surface area (Å²) in [7, 11) is 0. The number of carboxylic acid groups (broad SMARTS) is 1. The van der Waals surface area contributed by atoms with Crippen LogP contribution in [0.4, 0.5) is 0 Å². The summed E-state index contributed by atoms with van der Waals surface area (Å²) < 4.78 is 0. The van der Waals surface area contributed by atoms with Crippen LogP contribution in [-0.4, -0.2) is 17.6 Å². The molecule has 8 heavy (non-hydrogen) atoms. The van der Waals surface area contributed by atoms with E-state index in [1.165, 1.54) is 0 Å². The zero-order valence-corrected chi connectivity index (χ0v) is 6.92. The standard InChI is InChI=1S/C4H8NO2.Na/c5-3-1-2-4(6)7;/h2H,1,3,5H2,(H,6,7);/q-1;+1. The molecule has 0 rings (SSSR count). The van der Waals surface area contributed by atoms with Crippen LogP contribution in [-0.2, 0) is 4.79 Å². The molecule has 0 aromatic heterocycles. The van der Waals surface area contributed by atoms with Crippen molar-refractivity contribution >= 4 is 5.97 Å². The molecule has 0 amide bonds. The van der Waals surface area contributed by atoms with E-state index in [0.717, 1.165) is 6.42 Å². The molecular formula is C4H8NNaO2. The summed E-state index contributed by atoms with van der Waals surface area (Å²) >= 11 is 0. The normalized spacial score (nSPS) is 7.12. The average molecular weight is 125 g/mol. The molecule has 0 saturated carbocycles. The molecule has 0 aromatic carbocycles. The number of rotatable bonds is 3. The molecule has 3 nitrogen and oxygen atoms in total. The predicted octanol–water partition coefficient (Wildman–Crippen LogP) is -3.37. The quantitative estimate of drug-likeness (QED) is 0.305. The number of carbonyl (C=O) groups is 1. The minimum atomic E-state index is -0.898. The molecule has 0 heterocycles. The van der Waals surface area contributed by atoms with E-state index < -0.39 is 5.97 Å². The topological polar surface area (TPSA) is 63.3 Å². The maximum absolute atomic E-state index is 9.65. The first-order valence-electron chi connectivity index (χ1n) is 2.03. The van der Waals surface area contributed by atoms with Gasteiger partial charge < -0.3 is 10.8 Å². The van der Waals surface area contributed by atoms with Crippen molar-refractivity contribution in [2.45, 2.75) is 6.42 Å². The fourth-order valence-corrected chi connectivity index (χ4v) is 0.207. The van der Waals surface area contributed by atoms with Crippen LogP contribution < -0.4 is 35.3 Å². The van der Waals surface area contributed by atoms with Crippen molar-refractivity contribution in [2.24, 2.45) is 5.73 Å². The summed E-state index contributed by atoms with van der Waals surface area (Å²) in [5.41, 5.74) is 4.98. The molecule has 0 saturated heterocycles. The van der Waals surface area contributed by atoms with Crippen LogP contribution in [0.1, 0.15) is 6.42 Å². The van der Waals surface area contributed by atoms with Crippen LogP contribution in [0.5, 0.6) is 0 Å². The Kier molecular flexibility index (Phi) is 10.2. The molecule has 0 atom stereocenters.